The predicted octanol–water partition coefficient (Wildman–Crippen LogP) is 4.93. The minimum Gasteiger partial charge on any atom is -0.465 e. The van der Waals surface area contributed by atoms with Crippen molar-refractivity contribution in [3.63, 3.8) is 0 Å². The molecule has 7 heteroatoms. The largest absolute Gasteiger partial charge is 0.465 e. The van der Waals surface area contributed by atoms with E-state index < -0.39 is 28.1 Å². The highest BCUT2D eigenvalue weighted by molar-refractivity contribution is 7.86. The summed E-state index contributed by atoms with van der Waals surface area (Å²) in [5.74, 6) is 0.758. The Morgan fingerprint density at radius 2 is 1.56 bits per heavy atom. The highest BCUT2D eigenvalue weighted by Gasteiger charge is 2.22. The number of para-hydroxylation sites is 1. The fourth-order valence-corrected chi connectivity index (χ4v) is 3.07. The number of unbranched alkanes of at least 4 members (excludes halogenated alkanes) is 5. The molecule has 0 aliphatic rings. The Labute approximate surface area is 164 Å². The van der Waals surface area contributed by atoms with Crippen LogP contribution in [0.5, 0.6) is 5.75 Å². The van der Waals surface area contributed by atoms with Crippen molar-refractivity contribution in [1.29, 1.82) is 0 Å². The van der Waals surface area contributed by atoms with E-state index in [2.05, 4.69) is 13.0 Å². The number of aryl methyl sites for hydroxylation is 1. The molecule has 0 aliphatic heterocycles. The fourth-order valence-electron chi connectivity index (χ4n) is 2.77. The van der Waals surface area contributed by atoms with Crippen molar-refractivity contribution < 1.29 is 27.2 Å². The van der Waals surface area contributed by atoms with E-state index in [1.807, 2.05) is 18.2 Å². The van der Waals surface area contributed by atoms with Crippen molar-refractivity contribution in [3.8, 4) is 5.75 Å². The molecular formula is C20H34O6S. The molecule has 3 atom stereocenters. The van der Waals surface area contributed by atoms with Crippen LogP contribution < -0.4 is 4.74 Å². The molecule has 156 valence electrons. The van der Waals surface area contributed by atoms with Gasteiger partial charge in [0.05, 0.1) is 0 Å². The Morgan fingerprint density at radius 3 is 2.22 bits per heavy atom. The van der Waals surface area contributed by atoms with Crippen LogP contribution in [0.3, 0.4) is 0 Å². The molecule has 0 bridgehead atoms. The molecule has 0 radical (unpaired) electrons. The van der Waals surface area contributed by atoms with Gasteiger partial charge in [-0.25, -0.2) is 0 Å². The summed E-state index contributed by atoms with van der Waals surface area (Å²) in [5.41, 5.74) is -0.233. The molecule has 27 heavy (non-hydrogen) atoms. The lowest BCUT2D eigenvalue weighted by molar-refractivity contribution is -0.208. The standard InChI is InChI=1S/C20H34O6S/c1-5-6-7-8-9-10-13-19-14-11-12-15-20(19)26-17(3)24-16(2)25-18(4)27(21,22)23/h11-12,14-18H,5-10,13H2,1-4H3,(H,21,22,23). The smallest absolute Gasteiger partial charge is 0.292 e. The average Bonchev–Trinajstić information content (AvgIpc) is 2.58. The van der Waals surface area contributed by atoms with Gasteiger partial charge in [-0.2, -0.15) is 8.42 Å². The zero-order chi connectivity index (χ0) is 20.3. The summed E-state index contributed by atoms with van der Waals surface area (Å²) in [6, 6.07) is 7.85. The lowest BCUT2D eigenvalue weighted by Crippen LogP contribution is -2.30. The molecule has 0 spiro atoms. The van der Waals surface area contributed by atoms with E-state index >= 15 is 0 Å². The Balaban J connectivity index is 2.48. The van der Waals surface area contributed by atoms with Crippen LogP contribution in [0.4, 0.5) is 0 Å². The minimum absolute atomic E-state index is 0.626. The molecule has 1 aromatic rings. The normalized spacial score (nSPS) is 15.3. The molecule has 0 saturated carbocycles. The second kappa shape index (κ2) is 12.3. The monoisotopic (exact) mass is 402 g/mol. The van der Waals surface area contributed by atoms with Gasteiger partial charge in [0.2, 0.25) is 0 Å². The van der Waals surface area contributed by atoms with E-state index in [4.69, 9.17) is 18.8 Å². The maximum absolute atomic E-state index is 11.0. The second-order valence-electron chi connectivity index (χ2n) is 6.73. The van der Waals surface area contributed by atoms with Crippen LogP contribution in [0.2, 0.25) is 0 Å². The number of benzene rings is 1. The summed E-state index contributed by atoms with van der Waals surface area (Å²) in [6.07, 6.45) is 6.90. The highest BCUT2D eigenvalue weighted by Crippen LogP contribution is 2.23. The molecule has 1 N–H and O–H groups in total. The first kappa shape index (κ1) is 23.9. The summed E-state index contributed by atoms with van der Waals surface area (Å²) < 4.78 is 47.5. The zero-order valence-corrected chi connectivity index (χ0v) is 17.7. The molecule has 0 saturated heterocycles. The molecule has 3 unspecified atom stereocenters. The van der Waals surface area contributed by atoms with Gasteiger partial charge in [0.1, 0.15) is 5.75 Å². The van der Waals surface area contributed by atoms with Crippen molar-refractivity contribution >= 4 is 10.1 Å². The molecule has 0 aromatic heterocycles. The molecular weight excluding hydrogens is 368 g/mol. The van der Waals surface area contributed by atoms with Gasteiger partial charge >= 0.3 is 0 Å². The summed E-state index contributed by atoms with van der Waals surface area (Å²) >= 11 is 0. The van der Waals surface area contributed by atoms with E-state index in [1.54, 1.807) is 13.8 Å². The average molecular weight is 403 g/mol. The summed E-state index contributed by atoms with van der Waals surface area (Å²) in [6.45, 7) is 6.74. The van der Waals surface area contributed by atoms with Crippen LogP contribution in [0.1, 0.15) is 71.8 Å². The number of ether oxygens (including phenoxy) is 3. The van der Waals surface area contributed by atoms with Gasteiger partial charge in [-0.05, 0) is 45.2 Å². The molecule has 6 nitrogen and oxygen atoms in total. The minimum atomic E-state index is -4.26. The lowest BCUT2D eigenvalue weighted by Gasteiger charge is -2.23. The number of rotatable bonds is 14. The van der Waals surface area contributed by atoms with Crippen LogP contribution in [-0.4, -0.2) is 31.0 Å². The van der Waals surface area contributed by atoms with E-state index in [-0.39, 0.29) is 0 Å². The topological polar surface area (TPSA) is 82.1 Å². The van der Waals surface area contributed by atoms with Gasteiger partial charge in [-0.3, -0.25) is 4.55 Å². The van der Waals surface area contributed by atoms with E-state index in [9.17, 15) is 8.42 Å². The molecule has 0 heterocycles. The summed E-state index contributed by atoms with van der Waals surface area (Å²) in [7, 11) is -4.26. The van der Waals surface area contributed by atoms with E-state index in [0.717, 1.165) is 24.2 Å². The Hall–Kier alpha value is -1.15. The molecule has 0 amide bonds. The number of hydrogen-bond acceptors (Lipinski definition) is 5. The van der Waals surface area contributed by atoms with Gasteiger partial charge in [-0.1, -0.05) is 57.2 Å². The van der Waals surface area contributed by atoms with Crippen molar-refractivity contribution in [1.82, 2.24) is 0 Å². The van der Waals surface area contributed by atoms with Crippen molar-refractivity contribution in [2.24, 2.45) is 0 Å². The van der Waals surface area contributed by atoms with E-state index in [0.29, 0.717) is 0 Å². The van der Waals surface area contributed by atoms with Crippen LogP contribution in [0.25, 0.3) is 0 Å². The first-order chi connectivity index (χ1) is 12.7. The molecule has 0 aliphatic carbocycles. The predicted molar refractivity (Wildman–Crippen MR) is 106 cm³/mol. The maximum atomic E-state index is 11.0. The van der Waals surface area contributed by atoms with Crippen LogP contribution in [-0.2, 0) is 26.0 Å². The van der Waals surface area contributed by atoms with Crippen molar-refractivity contribution in [3.05, 3.63) is 29.8 Å². The van der Waals surface area contributed by atoms with Gasteiger partial charge in [0.25, 0.3) is 10.1 Å². The summed E-state index contributed by atoms with van der Waals surface area (Å²) in [5, 5.41) is 0. The second-order valence-corrected chi connectivity index (χ2v) is 8.43. The van der Waals surface area contributed by atoms with Crippen LogP contribution in [0.15, 0.2) is 24.3 Å². The Morgan fingerprint density at radius 1 is 0.926 bits per heavy atom. The lowest BCUT2D eigenvalue weighted by atomic mass is 10.0. The van der Waals surface area contributed by atoms with Gasteiger partial charge in [0.15, 0.2) is 18.0 Å². The molecule has 1 rings (SSSR count). The molecule has 0 fully saturated rings. The van der Waals surface area contributed by atoms with Gasteiger partial charge < -0.3 is 14.2 Å². The Bertz CT molecular complexity index is 631. The van der Waals surface area contributed by atoms with Gasteiger partial charge in [0, 0.05) is 0 Å². The maximum Gasteiger partial charge on any atom is 0.292 e. The third-order valence-corrected chi connectivity index (χ3v) is 5.20. The van der Waals surface area contributed by atoms with E-state index in [1.165, 1.54) is 39.0 Å². The zero-order valence-electron chi connectivity index (χ0n) is 16.9. The van der Waals surface area contributed by atoms with Crippen molar-refractivity contribution in [2.45, 2.75) is 90.7 Å². The first-order valence-corrected chi connectivity index (χ1v) is 11.3. The SMILES string of the molecule is CCCCCCCCc1ccccc1OC(C)OC(C)OC(C)S(=O)(=O)O. The first-order valence-electron chi connectivity index (χ1n) is 9.75. The third-order valence-electron chi connectivity index (χ3n) is 4.25. The number of hydrogen-bond donors (Lipinski definition) is 1. The molecule has 1 aromatic carbocycles. The fraction of sp³-hybridized carbons (Fsp3) is 0.700. The highest BCUT2D eigenvalue weighted by atomic mass is 32.2. The van der Waals surface area contributed by atoms with Crippen LogP contribution >= 0.6 is 0 Å². The van der Waals surface area contributed by atoms with Gasteiger partial charge in [-0.15, -0.1) is 0 Å². The third kappa shape index (κ3) is 10.1. The van der Waals surface area contributed by atoms with Crippen molar-refractivity contribution in [2.75, 3.05) is 0 Å². The quantitative estimate of drug-likeness (QED) is 0.270. The summed E-state index contributed by atoms with van der Waals surface area (Å²) in [4.78, 5) is 0. The Kier molecular flexibility index (Phi) is 10.9. The van der Waals surface area contributed by atoms with Crippen LogP contribution in [0, 0.1) is 0 Å².